The Morgan fingerprint density at radius 1 is 1.19 bits per heavy atom. The number of hydrogen-bond donors (Lipinski definition) is 1. The van der Waals surface area contributed by atoms with Crippen LogP contribution in [0.3, 0.4) is 0 Å². The summed E-state index contributed by atoms with van der Waals surface area (Å²) in [5.74, 6) is 1.52. The van der Waals surface area contributed by atoms with Crippen molar-refractivity contribution in [1.29, 1.82) is 0 Å². The smallest absolute Gasteiger partial charge is 0.151 e. The molecule has 0 saturated carbocycles. The molecule has 120 valence electrons. The van der Waals surface area contributed by atoms with Crippen LogP contribution in [0.25, 0.3) is 0 Å². The van der Waals surface area contributed by atoms with Crippen LogP contribution in [0.15, 0.2) is 18.2 Å². The third kappa shape index (κ3) is 5.21. The first kappa shape index (κ1) is 17.8. The van der Waals surface area contributed by atoms with Crippen molar-refractivity contribution in [2.75, 3.05) is 32.3 Å². The first-order valence-electron chi connectivity index (χ1n) is 7.13. The second-order valence-electron chi connectivity index (χ2n) is 4.81. The van der Waals surface area contributed by atoms with Gasteiger partial charge in [-0.2, -0.15) is 0 Å². The predicted molar refractivity (Wildman–Crippen MR) is 84.9 cm³/mol. The second kappa shape index (κ2) is 8.24. The molecule has 0 aliphatic rings. The van der Waals surface area contributed by atoms with Crippen molar-refractivity contribution in [3.8, 4) is 11.5 Å². The van der Waals surface area contributed by atoms with Gasteiger partial charge in [-0.25, -0.2) is 8.42 Å². The molecule has 0 radical (unpaired) electrons. The molecule has 0 aliphatic carbocycles. The molecule has 0 bridgehead atoms. The first-order valence-corrected chi connectivity index (χ1v) is 8.95. The summed E-state index contributed by atoms with van der Waals surface area (Å²) < 4.78 is 34.6. The highest BCUT2D eigenvalue weighted by molar-refractivity contribution is 7.91. The second-order valence-corrected chi connectivity index (χ2v) is 7.21. The Balaban J connectivity index is 3.17. The SMILES string of the molecule is CCCNC(CS(=O)(=O)CC)c1cc(OC)ccc1OC. The molecule has 1 aromatic carbocycles. The number of methoxy groups -OCH3 is 2. The van der Waals surface area contributed by atoms with Crippen LogP contribution < -0.4 is 14.8 Å². The summed E-state index contributed by atoms with van der Waals surface area (Å²) in [5.41, 5.74) is 0.808. The lowest BCUT2D eigenvalue weighted by Gasteiger charge is -2.21. The molecule has 1 rings (SSSR count). The molecule has 1 N–H and O–H groups in total. The normalized spacial score (nSPS) is 13.0. The van der Waals surface area contributed by atoms with Gasteiger partial charge in [0, 0.05) is 17.4 Å². The van der Waals surface area contributed by atoms with E-state index in [0.717, 1.165) is 18.5 Å². The molecule has 1 unspecified atom stereocenters. The zero-order valence-electron chi connectivity index (χ0n) is 13.2. The summed E-state index contributed by atoms with van der Waals surface area (Å²) in [7, 11) is 0.0653. The molecule has 21 heavy (non-hydrogen) atoms. The van der Waals surface area contributed by atoms with Crippen molar-refractivity contribution in [2.45, 2.75) is 26.3 Å². The van der Waals surface area contributed by atoms with E-state index in [-0.39, 0.29) is 17.5 Å². The van der Waals surface area contributed by atoms with Gasteiger partial charge in [0.25, 0.3) is 0 Å². The van der Waals surface area contributed by atoms with Gasteiger partial charge in [0.1, 0.15) is 11.5 Å². The molecule has 0 saturated heterocycles. The summed E-state index contributed by atoms with van der Waals surface area (Å²) in [5, 5.41) is 3.29. The highest BCUT2D eigenvalue weighted by Crippen LogP contribution is 2.30. The molecule has 1 aromatic rings. The minimum Gasteiger partial charge on any atom is -0.497 e. The first-order chi connectivity index (χ1) is 9.97. The van der Waals surface area contributed by atoms with Gasteiger partial charge in [-0.15, -0.1) is 0 Å². The lowest BCUT2D eigenvalue weighted by Crippen LogP contribution is -2.30. The molecule has 6 heteroatoms. The fraction of sp³-hybridized carbons (Fsp3) is 0.600. The fourth-order valence-corrected chi connectivity index (χ4v) is 3.10. The van der Waals surface area contributed by atoms with Crippen LogP contribution in [0.5, 0.6) is 11.5 Å². The van der Waals surface area contributed by atoms with Crippen LogP contribution >= 0.6 is 0 Å². The fourth-order valence-electron chi connectivity index (χ4n) is 2.06. The van der Waals surface area contributed by atoms with Crippen LogP contribution in [-0.4, -0.2) is 40.7 Å². The van der Waals surface area contributed by atoms with Crippen LogP contribution in [-0.2, 0) is 9.84 Å². The highest BCUT2D eigenvalue weighted by atomic mass is 32.2. The Labute approximate surface area is 127 Å². The standard InChI is InChI=1S/C15H25NO4S/c1-5-9-16-14(11-21(17,18)6-2)13-10-12(19-3)7-8-15(13)20-4/h7-8,10,14,16H,5-6,9,11H2,1-4H3. The minimum absolute atomic E-state index is 0.0486. The third-order valence-corrected chi connectivity index (χ3v) is 5.03. The highest BCUT2D eigenvalue weighted by Gasteiger charge is 2.22. The Bertz CT molecular complexity index is 543. The number of ether oxygens (including phenoxy) is 2. The monoisotopic (exact) mass is 315 g/mol. The van der Waals surface area contributed by atoms with Crippen molar-refractivity contribution in [1.82, 2.24) is 5.32 Å². The molecule has 1 atom stereocenters. The van der Waals surface area contributed by atoms with Gasteiger partial charge < -0.3 is 14.8 Å². The topological polar surface area (TPSA) is 64.6 Å². The maximum absolute atomic E-state index is 12.0. The molecular formula is C15H25NO4S. The van der Waals surface area contributed by atoms with Gasteiger partial charge in [-0.1, -0.05) is 13.8 Å². The number of rotatable bonds is 9. The molecule has 0 heterocycles. The summed E-state index contributed by atoms with van der Waals surface area (Å²) in [6, 6.07) is 5.12. The number of nitrogens with one attached hydrogen (secondary N) is 1. The van der Waals surface area contributed by atoms with Crippen molar-refractivity contribution in [3.63, 3.8) is 0 Å². The van der Waals surface area contributed by atoms with Gasteiger partial charge in [0.05, 0.1) is 20.0 Å². The Hall–Kier alpha value is -1.27. The van der Waals surface area contributed by atoms with E-state index in [0.29, 0.717) is 11.5 Å². The summed E-state index contributed by atoms with van der Waals surface area (Å²) >= 11 is 0. The maximum Gasteiger partial charge on any atom is 0.151 e. The average Bonchev–Trinajstić information content (AvgIpc) is 2.50. The average molecular weight is 315 g/mol. The summed E-state index contributed by atoms with van der Waals surface area (Å²) in [6.45, 7) is 4.44. The van der Waals surface area contributed by atoms with Gasteiger partial charge in [0.15, 0.2) is 9.84 Å². The Morgan fingerprint density at radius 2 is 1.90 bits per heavy atom. The molecule has 0 aromatic heterocycles. The zero-order chi connectivity index (χ0) is 15.9. The van der Waals surface area contributed by atoms with E-state index < -0.39 is 9.84 Å². The van der Waals surface area contributed by atoms with Crippen LogP contribution in [0, 0.1) is 0 Å². The van der Waals surface area contributed by atoms with E-state index in [1.54, 1.807) is 33.3 Å². The van der Waals surface area contributed by atoms with Gasteiger partial charge in [-0.05, 0) is 31.2 Å². The largest absolute Gasteiger partial charge is 0.497 e. The number of sulfone groups is 1. The van der Waals surface area contributed by atoms with Crippen LogP contribution in [0.4, 0.5) is 0 Å². The van der Waals surface area contributed by atoms with E-state index in [4.69, 9.17) is 9.47 Å². The van der Waals surface area contributed by atoms with Crippen molar-refractivity contribution in [2.24, 2.45) is 0 Å². The van der Waals surface area contributed by atoms with Crippen molar-refractivity contribution >= 4 is 9.84 Å². The molecule has 5 nitrogen and oxygen atoms in total. The lowest BCUT2D eigenvalue weighted by molar-refractivity contribution is 0.392. The predicted octanol–water partition coefficient (Wildman–Crippen LogP) is 2.18. The number of benzene rings is 1. The van der Waals surface area contributed by atoms with Gasteiger partial charge >= 0.3 is 0 Å². The van der Waals surface area contributed by atoms with Crippen molar-refractivity contribution < 1.29 is 17.9 Å². The van der Waals surface area contributed by atoms with E-state index in [1.807, 2.05) is 13.0 Å². The molecule has 0 spiro atoms. The maximum atomic E-state index is 12.0. The molecular weight excluding hydrogens is 290 g/mol. The zero-order valence-corrected chi connectivity index (χ0v) is 14.0. The summed E-state index contributed by atoms with van der Waals surface area (Å²) in [6.07, 6.45) is 0.926. The minimum atomic E-state index is -3.10. The molecule has 0 amide bonds. The van der Waals surface area contributed by atoms with Gasteiger partial charge in [0.2, 0.25) is 0 Å². The van der Waals surface area contributed by atoms with E-state index in [1.165, 1.54) is 0 Å². The summed E-state index contributed by atoms with van der Waals surface area (Å²) in [4.78, 5) is 0. The molecule has 0 aliphatic heterocycles. The van der Waals surface area contributed by atoms with Crippen molar-refractivity contribution in [3.05, 3.63) is 23.8 Å². The lowest BCUT2D eigenvalue weighted by atomic mass is 10.1. The molecule has 0 fully saturated rings. The van der Waals surface area contributed by atoms with Crippen LogP contribution in [0.2, 0.25) is 0 Å². The Kier molecular flexibility index (Phi) is 6.98. The Morgan fingerprint density at radius 3 is 2.43 bits per heavy atom. The van der Waals surface area contributed by atoms with Crippen LogP contribution in [0.1, 0.15) is 31.9 Å². The number of hydrogen-bond acceptors (Lipinski definition) is 5. The third-order valence-electron chi connectivity index (χ3n) is 3.31. The van der Waals surface area contributed by atoms with E-state index >= 15 is 0 Å². The van der Waals surface area contributed by atoms with Gasteiger partial charge in [-0.3, -0.25) is 0 Å². The quantitative estimate of drug-likeness (QED) is 0.756. The van der Waals surface area contributed by atoms with E-state index in [9.17, 15) is 8.42 Å². The van der Waals surface area contributed by atoms with E-state index in [2.05, 4.69) is 5.32 Å².